The van der Waals surface area contributed by atoms with Gasteiger partial charge >= 0.3 is 0 Å². The molecule has 31 heavy (non-hydrogen) atoms. The van der Waals surface area contributed by atoms with Crippen LogP contribution < -0.4 is 14.4 Å². The number of anilines is 1. The average Bonchev–Trinajstić information content (AvgIpc) is 2.83. The van der Waals surface area contributed by atoms with Gasteiger partial charge in [-0.3, -0.25) is 4.79 Å². The SMILES string of the molecule is COc1ccc(C(=O)N2CCN(c3ccc(-c4ccccc4Cl)nn3)CC2)cc1OC. The van der Waals surface area contributed by atoms with Gasteiger partial charge < -0.3 is 19.3 Å². The number of halogens is 1. The molecule has 0 spiro atoms. The van der Waals surface area contributed by atoms with Crippen molar-refractivity contribution in [3.63, 3.8) is 0 Å². The molecule has 0 N–H and O–H groups in total. The van der Waals surface area contributed by atoms with Crippen LogP contribution in [-0.2, 0) is 0 Å². The summed E-state index contributed by atoms with van der Waals surface area (Å²) in [5, 5.41) is 9.36. The lowest BCUT2D eigenvalue weighted by Crippen LogP contribution is -2.49. The summed E-state index contributed by atoms with van der Waals surface area (Å²) in [6.45, 7) is 2.56. The predicted octanol–water partition coefficient (Wildman–Crippen LogP) is 3.78. The second-order valence-electron chi connectivity index (χ2n) is 7.11. The van der Waals surface area contributed by atoms with Crippen molar-refractivity contribution in [1.82, 2.24) is 15.1 Å². The molecular formula is C23H23ClN4O3. The molecular weight excluding hydrogens is 416 g/mol. The van der Waals surface area contributed by atoms with Gasteiger partial charge in [-0.2, -0.15) is 0 Å². The van der Waals surface area contributed by atoms with E-state index in [1.165, 1.54) is 0 Å². The number of hydrogen-bond donors (Lipinski definition) is 0. The number of carbonyl (C=O) groups excluding carboxylic acids is 1. The van der Waals surface area contributed by atoms with Crippen molar-refractivity contribution in [3.8, 4) is 22.8 Å². The summed E-state index contributed by atoms with van der Waals surface area (Å²) in [7, 11) is 3.13. The molecule has 0 unspecified atom stereocenters. The highest BCUT2D eigenvalue weighted by Crippen LogP contribution is 2.29. The van der Waals surface area contributed by atoms with E-state index in [9.17, 15) is 4.79 Å². The fraction of sp³-hybridized carbons (Fsp3) is 0.261. The van der Waals surface area contributed by atoms with Crippen molar-refractivity contribution in [1.29, 1.82) is 0 Å². The van der Waals surface area contributed by atoms with Gasteiger partial charge in [0, 0.05) is 37.3 Å². The summed E-state index contributed by atoms with van der Waals surface area (Å²) in [6.07, 6.45) is 0. The molecule has 1 fully saturated rings. The van der Waals surface area contributed by atoms with Crippen LogP contribution in [0.15, 0.2) is 54.6 Å². The minimum Gasteiger partial charge on any atom is -0.493 e. The molecule has 160 valence electrons. The highest BCUT2D eigenvalue weighted by Gasteiger charge is 2.24. The number of benzene rings is 2. The maximum Gasteiger partial charge on any atom is 0.254 e. The molecule has 2 aromatic carbocycles. The van der Waals surface area contributed by atoms with Crippen molar-refractivity contribution in [3.05, 3.63) is 65.2 Å². The molecule has 1 aromatic heterocycles. The number of amides is 1. The van der Waals surface area contributed by atoms with E-state index in [1.54, 1.807) is 32.4 Å². The monoisotopic (exact) mass is 438 g/mol. The third kappa shape index (κ3) is 4.41. The van der Waals surface area contributed by atoms with Gasteiger partial charge in [-0.15, -0.1) is 10.2 Å². The van der Waals surface area contributed by atoms with E-state index in [1.807, 2.05) is 41.3 Å². The molecule has 1 aliphatic rings. The summed E-state index contributed by atoms with van der Waals surface area (Å²) < 4.78 is 10.6. The highest BCUT2D eigenvalue weighted by atomic mass is 35.5. The van der Waals surface area contributed by atoms with Gasteiger partial charge in [0.2, 0.25) is 0 Å². The second kappa shape index (κ2) is 9.22. The van der Waals surface area contributed by atoms with E-state index in [2.05, 4.69) is 15.1 Å². The standard InChI is InChI=1S/C23H23ClN4O3/c1-30-20-9-7-16(15-21(20)31-2)23(29)28-13-11-27(12-14-28)22-10-8-19(25-26-22)17-5-3-4-6-18(17)24/h3-10,15H,11-14H2,1-2H3. The Bertz CT molecular complexity index is 1070. The topological polar surface area (TPSA) is 67.8 Å². The zero-order valence-corrected chi connectivity index (χ0v) is 18.2. The lowest BCUT2D eigenvalue weighted by Gasteiger charge is -2.35. The van der Waals surface area contributed by atoms with Crippen LogP contribution >= 0.6 is 11.6 Å². The Balaban J connectivity index is 1.41. The van der Waals surface area contributed by atoms with Crippen LogP contribution in [0, 0.1) is 0 Å². The fourth-order valence-electron chi connectivity index (χ4n) is 3.60. The first-order valence-electron chi connectivity index (χ1n) is 9.95. The Morgan fingerprint density at radius 3 is 2.29 bits per heavy atom. The minimum atomic E-state index is -0.0271. The summed E-state index contributed by atoms with van der Waals surface area (Å²) in [5.74, 6) is 1.90. The summed E-state index contributed by atoms with van der Waals surface area (Å²) >= 11 is 6.25. The van der Waals surface area contributed by atoms with Crippen molar-refractivity contribution in [2.45, 2.75) is 0 Å². The number of carbonyl (C=O) groups is 1. The minimum absolute atomic E-state index is 0.0271. The summed E-state index contributed by atoms with van der Waals surface area (Å²) in [5.41, 5.74) is 2.17. The van der Waals surface area contributed by atoms with Crippen molar-refractivity contribution in [2.24, 2.45) is 0 Å². The predicted molar refractivity (Wildman–Crippen MR) is 120 cm³/mol. The van der Waals surface area contributed by atoms with Crippen molar-refractivity contribution in [2.75, 3.05) is 45.3 Å². The number of nitrogens with zero attached hydrogens (tertiary/aromatic N) is 4. The van der Waals surface area contributed by atoms with E-state index in [0.717, 1.165) is 17.1 Å². The smallest absolute Gasteiger partial charge is 0.254 e. The van der Waals surface area contributed by atoms with E-state index in [0.29, 0.717) is 48.3 Å². The third-order valence-electron chi connectivity index (χ3n) is 5.32. The Morgan fingerprint density at radius 2 is 1.65 bits per heavy atom. The van der Waals surface area contributed by atoms with Crippen LogP contribution in [0.5, 0.6) is 11.5 Å². The molecule has 0 atom stereocenters. The Labute approximate surface area is 186 Å². The number of ether oxygens (including phenoxy) is 2. The first kappa shape index (κ1) is 20.9. The molecule has 0 saturated carbocycles. The quantitative estimate of drug-likeness (QED) is 0.604. The molecule has 2 heterocycles. The van der Waals surface area contributed by atoms with Gasteiger partial charge in [0.05, 0.1) is 24.9 Å². The number of methoxy groups -OCH3 is 2. The van der Waals surface area contributed by atoms with Gasteiger partial charge in [0.15, 0.2) is 17.3 Å². The lowest BCUT2D eigenvalue weighted by molar-refractivity contribution is 0.0746. The van der Waals surface area contributed by atoms with Gasteiger partial charge in [0.25, 0.3) is 5.91 Å². The van der Waals surface area contributed by atoms with Crippen molar-refractivity contribution >= 4 is 23.3 Å². The molecule has 4 rings (SSSR count). The van der Waals surface area contributed by atoms with E-state index < -0.39 is 0 Å². The van der Waals surface area contributed by atoms with Crippen LogP contribution in [0.4, 0.5) is 5.82 Å². The van der Waals surface area contributed by atoms with Crippen LogP contribution in [0.25, 0.3) is 11.3 Å². The van der Waals surface area contributed by atoms with Crippen LogP contribution in [-0.4, -0.2) is 61.4 Å². The first-order chi connectivity index (χ1) is 15.1. The number of piperazine rings is 1. The number of aromatic nitrogens is 2. The Hall–Kier alpha value is -3.32. The van der Waals surface area contributed by atoms with Gasteiger partial charge in [0.1, 0.15) is 0 Å². The maximum absolute atomic E-state index is 12.9. The highest BCUT2D eigenvalue weighted by molar-refractivity contribution is 6.33. The van der Waals surface area contributed by atoms with Crippen molar-refractivity contribution < 1.29 is 14.3 Å². The van der Waals surface area contributed by atoms with E-state index in [-0.39, 0.29) is 5.91 Å². The molecule has 1 amide bonds. The third-order valence-corrected chi connectivity index (χ3v) is 5.65. The van der Waals surface area contributed by atoms with Crippen LogP contribution in [0.1, 0.15) is 10.4 Å². The molecule has 0 radical (unpaired) electrons. The lowest BCUT2D eigenvalue weighted by atomic mass is 10.1. The Morgan fingerprint density at radius 1 is 0.903 bits per heavy atom. The normalized spacial score (nSPS) is 13.8. The Kier molecular flexibility index (Phi) is 6.23. The maximum atomic E-state index is 12.9. The summed E-state index contributed by atoms with van der Waals surface area (Å²) in [4.78, 5) is 16.9. The summed E-state index contributed by atoms with van der Waals surface area (Å²) in [6, 6.07) is 16.6. The molecule has 0 bridgehead atoms. The number of rotatable bonds is 5. The zero-order valence-electron chi connectivity index (χ0n) is 17.4. The molecule has 1 saturated heterocycles. The van der Waals surface area contributed by atoms with Gasteiger partial charge in [-0.05, 0) is 36.4 Å². The number of hydrogen-bond acceptors (Lipinski definition) is 6. The van der Waals surface area contributed by atoms with Gasteiger partial charge in [-0.25, -0.2) is 0 Å². The van der Waals surface area contributed by atoms with Crippen LogP contribution in [0.3, 0.4) is 0 Å². The zero-order chi connectivity index (χ0) is 21.8. The van der Waals surface area contributed by atoms with E-state index >= 15 is 0 Å². The molecule has 7 nitrogen and oxygen atoms in total. The van der Waals surface area contributed by atoms with E-state index in [4.69, 9.17) is 21.1 Å². The van der Waals surface area contributed by atoms with Crippen LogP contribution in [0.2, 0.25) is 5.02 Å². The molecule has 1 aliphatic heterocycles. The fourth-order valence-corrected chi connectivity index (χ4v) is 3.83. The average molecular weight is 439 g/mol. The molecule has 0 aliphatic carbocycles. The molecule has 3 aromatic rings. The van der Waals surface area contributed by atoms with Gasteiger partial charge in [-0.1, -0.05) is 29.8 Å². The first-order valence-corrected chi connectivity index (χ1v) is 10.3. The largest absolute Gasteiger partial charge is 0.493 e. The second-order valence-corrected chi connectivity index (χ2v) is 7.51. The molecule has 8 heteroatoms.